The third-order valence-corrected chi connectivity index (χ3v) is 7.30. The van der Waals surface area contributed by atoms with Gasteiger partial charge >= 0.3 is 5.69 Å². The molecule has 2 aliphatic rings. The molecule has 5 rings (SSSR count). The Morgan fingerprint density at radius 3 is 2.54 bits per heavy atom. The number of H-pyrrole nitrogens is 1. The Morgan fingerprint density at radius 1 is 1.06 bits per heavy atom. The van der Waals surface area contributed by atoms with Crippen LogP contribution in [0.5, 0.6) is 11.5 Å². The Bertz CT molecular complexity index is 1190. The zero-order chi connectivity index (χ0) is 22.9. The van der Waals surface area contributed by atoms with Gasteiger partial charge < -0.3 is 30.6 Å². The van der Waals surface area contributed by atoms with E-state index in [2.05, 4.69) is 9.88 Å². The van der Waals surface area contributed by atoms with Crippen molar-refractivity contribution in [3.63, 3.8) is 0 Å². The predicted molar refractivity (Wildman–Crippen MR) is 141 cm³/mol. The highest BCUT2D eigenvalue weighted by molar-refractivity contribution is 5.85. The number of piperidine rings is 1. The van der Waals surface area contributed by atoms with Crippen LogP contribution >= 0.6 is 24.8 Å². The molecule has 0 saturated carbocycles. The first-order chi connectivity index (χ1) is 16.0. The van der Waals surface area contributed by atoms with Crippen LogP contribution in [-0.2, 0) is 17.7 Å². The number of hydrogen-bond acceptors (Lipinski definition) is 6. The lowest BCUT2D eigenvalue weighted by atomic mass is 9.83. The number of likely N-dealkylation sites (tertiary alicyclic amines) is 1. The summed E-state index contributed by atoms with van der Waals surface area (Å²) in [5.74, 6) is 0.264. The molecule has 192 valence electrons. The smallest absolute Gasteiger partial charge is 0.326 e. The molecule has 8 nitrogen and oxygen atoms in total. The van der Waals surface area contributed by atoms with Crippen LogP contribution in [0, 0.1) is 5.92 Å². The van der Waals surface area contributed by atoms with Crippen LogP contribution in [0.15, 0.2) is 41.2 Å². The number of ether oxygens (including phenoxy) is 1. The lowest BCUT2D eigenvalue weighted by Gasteiger charge is -2.40. The molecule has 0 spiro atoms. The van der Waals surface area contributed by atoms with E-state index in [9.17, 15) is 15.0 Å². The molecule has 0 amide bonds. The van der Waals surface area contributed by atoms with Gasteiger partial charge in [0, 0.05) is 25.1 Å². The molecule has 3 aromatic rings. The average Bonchev–Trinajstić information content (AvgIpc) is 3.16. The van der Waals surface area contributed by atoms with Gasteiger partial charge in [-0.3, -0.25) is 4.57 Å². The van der Waals surface area contributed by atoms with E-state index in [0.717, 1.165) is 61.1 Å². The fraction of sp³-hybridized carbons (Fsp3) is 0.480. The van der Waals surface area contributed by atoms with Crippen LogP contribution in [0.4, 0.5) is 0 Å². The molecule has 0 aliphatic carbocycles. The number of phenols is 2. The molecule has 1 aromatic heterocycles. The van der Waals surface area contributed by atoms with Gasteiger partial charge in [-0.15, -0.1) is 24.8 Å². The van der Waals surface area contributed by atoms with Crippen LogP contribution in [0.25, 0.3) is 11.0 Å². The van der Waals surface area contributed by atoms with Gasteiger partial charge in [-0.05, 0) is 68.6 Å². The number of halogens is 2. The first-order valence-electron chi connectivity index (χ1n) is 11.8. The maximum absolute atomic E-state index is 12.3. The van der Waals surface area contributed by atoms with Gasteiger partial charge in [0.2, 0.25) is 0 Å². The number of aromatic amines is 1. The van der Waals surface area contributed by atoms with Gasteiger partial charge in [-0.25, -0.2) is 4.79 Å². The maximum Gasteiger partial charge on any atom is 0.326 e. The number of imidazole rings is 1. The third kappa shape index (κ3) is 5.47. The highest BCUT2D eigenvalue weighted by atomic mass is 35.5. The van der Waals surface area contributed by atoms with Crippen molar-refractivity contribution in [1.82, 2.24) is 14.5 Å². The molecule has 1 fully saturated rings. The summed E-state index contributed by atoms with van der Waals surface area (Å²) in [4.78, 5) is 17.6. The molecular weight excluding hydrogens is 491 g/mol. The number of fused-ring (bicyclic) bond motifs is 2. The zero-order valence-corrected chi connectivity index (χ0v) is 21.2. The van der Waals surface area contributed by atoms with Gasteiger partial charge in [-0.2, -0.15) is 0 Å². The largest absolute Gasteiger partial charge is 0.504 e. The summed E-state index contributed by atoms with van der Waals surface area (Å²) in [6.45, 7) is 3.97. The molecule has 2 aromatic carbocycles. The van der Waals surface area contributed by atoms with Gasteiger partial charge in [0.25, 0.3) is 0 Å². The second-order valence-electron chi connectivity index (χ2n) is 9.24. The number of aromatic hydroxyl groups is 2. The topological polar surface area (TPSA) is 117 Å². The number of aromatic nitrogens is 2. The van der Waals surface area contributed by atoms with Crippen LogP contribution in [0.3, 0.4) is 0 Å². The number of nitrogens with zero attached hydrogens (tertiary/aromatic N) is 2. The van der Waals surface area contributed by atoms with E-state index in [0.29, 0.717) is 25.4 Å². The Hall–Kier alpha value is -2.23. The number of phenolic OH excluding ortho intramolecular Hbond substituents is 2. The van der Waals surface area contributed by atoms with Crippen molar-refractivity contribution in [2.24, 2.45) is 11.7 Å². The molecule has 2 atom stereocenters. The van der Waals surface area contributed by atoms with Crippen molar-refractivity contribution in [2.45, 2.75) is 44.4 Å². The number of nitrogens with two attached hydrogens (primary N) is 1. The quantitative estimate of drug-likeness (QED) is 0.367. The number of benzene rings is 2. The first-order valence-corrected chi connectivity index (χ1v) is 11.8. The molecule has 2 unspecified atom stereocenters. The molecular formula is C25H34Cl2N4O4. The summed E-state index contributed by atoms with van der Waals surface area (Å²) >= 11 is 0. The van der Waals surface area contributed by atoms with Crippen LogP contribution in [0.2, 0.25) is 0 Å². The number of para-hydroxylation sites is 2. The second-order valence-corrected chi connectivity index (χ2v) is 9.24. The molecule has 35 heavy (non-hydrogen) atoms. The molecule has 0 radical (unpaired) electrons. The van der Waals surface area contributed by atoms with Crippen molar-refractivity contribution in [1.29, 1.82) is 0 Å². The van der Waals surface area contributed by atoms with E-state index in [1.54, 1.807) is 6.07 Å². The van der Waals surface area contributed by atoms with Crippen molar-refractivity contribution in [3.05, 3.63) is 58.0 Å². The summed E-state index contributed by atoms with van der Waals surface area (Å²) in [5.41, 5.74) is 9.40. The van der Waals surface area contributed by atoms with Crippen molar-refractivity contribution >= 4 is 35.8 Å². The minimum Gasteiger partial charge on any atom is -0.504 e. The predicted octanol–water partition coefficient (Wildman–Crippen LogP) is 3.33. The summed E-state index contributed by atoms with van der Waals surface area (Å²) < 4.78 is 8.16. The normalized spacial score (nSPS) is 20.7. The Morgan fingerprint density at radius 2 is 1.80 bits per heavy atom. The number of hydrogen-bond donors (Lipinski definition) is 4. The molecule has 3 heterocycles. The van der Waals surface area contributed by atoms with Crippen LogP contribution in [0.1, 0.15) is 36.5 Å². The lowest BCUT2D eigenvalue weighted by Crippen LogP contribution is -2.42. The zero-order valence-electron chi connectivity index (χ0n) is 19.6. The molecule has 5 N–H and O–H groups in total. The Kier molecular flexibility index (Phi) is 9.12. The van der Waals surface area contributed by atoms with E-state index in [1.807, 2.05) is 28.8 Å². The first kappa shape index (κ1) is 27.4. The minimum atomic E-state index is -0.252. The van der Waals surface area contributed by atoms with Crippen LogP contribution in [-0.4, -0.2) is 56.9 Å². The molecule has 2 aliphatic heterocycles. The summed E-state index contributed by atoms with van der Waals surface area (Å²) in [6, 6.07) is 11.1. The van der Waals surface area contributed by atoms with E-state index in [-0.39, 0.29) is 54.2 Å². The number of rotatable bonds is 6. The maximum atomic E-state index is 12.3. The second kappa shape index (κ2) is 11.7. The molecule has 10 heteroatoms. The number of aryl methyl sites for hydroxylation is 1. The van der Waals surface area contributed by atoms with E-state index < -0.39 is 0 Å². The van der Waals surface area contributed by atoms with Crippen LogP contribution < -0.4 is 11.4 Å². The Labute approximate surface area is 216 Å². The van der Waals surface area contributed by atoms with Crippen molar-refractivity contribution < 1.29 is 14.9 Å². The van der Waals surface area contributed by atoms with E-state index >= 15 is 0 Å². The average molecular weight is 525 g/mol. The Balaban J connectivity index is 0.00000171. The standard InChI is InChI=1S/C25H32N4O4.2ClH/c26-15-23-17-6-7-21(30)24(31)18(17)14-22(33-23)16-8-12-28(13-9-16)10-3-11-29-20-5-2-1-4-19(20)27-25(29)32;;/h1-2,4-7,16,22-23,30-31H,3,8-15,26H2,(H,27,32);2*1H. The van der Waals surface area contributed by atoms with Crippen molar-refractivity contribution in [2.75, 3.05) is 26.2 Å². The van der Waals surface area contributed by atoms with Crippen molar-refractivity contribution in [3.8, 4) is 11.5 Å². The van der Waals surface area contributed by atoms with Gasteiger partial charge in [0.1, 0.15) is 0 Å². The molecule has 1 saturated heterocycles. The lowest BCUT2D eigenvalue weighted by molar-refractivity contribution is -0.0647. The fourth-order valence-electron chi connectivity index (χ4n) is 5.48. The fourth-order valence-corrected chi connectivity index (χ4v) is 5.48. The van der Waals surface area contributed by atoms with E-state index in [4.69, 9.17) is 10.5 Å². The third-order valence-electron chi connectivity index (χ3n) is 7.30. The summed E-state index contributed by atoms with van der Waals surface area (Å²) in [6.07, 6.45) is 3.29. The highest BCUT2D eigenvalue weighted by Gasteiger charge is 2.35. The monoisotopic (exact) mass is 524 g/mol. The van der Waals surface area contributed by atoms with Gasteiger partial charge in [0.15, 0.2) is 11.5 Å². The summed E-state index contributed by atoms with van der Waals surface area (Å²) in [7, 11) is 0. The SMILES string of the molecule is Cl.Cl.NCC1OC(C2CCN(CCCn3c(=O)[nH]c4ccccc43)CC2)Cc2c1ccc(O)c2O. The number of nitrogens with one attached hydrogen (secondary N) is 1. The highest BCUT2D eigenvalue weighted by Crippen LogP contribution is 2.42. The van der Waals surface area contributed by atoms with Gasteiger partial charge in [-0.1, -0.05) is 18.2 Å². The van der Waals surface area contributed by atoms with E-state index in [1.165, 1.54) is 6.07 Å². The minimum absolute atomic E-state index is 0. The molecule has 0 bridgehead atoms. The van der Waals surface area contributed by atoms with Gasteiger partial charge in [0.05, 0.1) is 23.2 Å². The summed E-state index contributed by atoms with van der Waals surface area (Å²) in [5, 5.41) is 20.3.